The molecular formula is C18H20N2O2. The van der Waals surface area contributed by atoms with Crippen LogP contribution in [0.5, 0.6) is 5.75 Å². The van der Waals surface area contributed by atoms with Crippen molar-refractivity contribution in [1.82, 2.24) is 5.32 Å². The van der Waals surface area contributed by atoms with Gasteiger partial charge in [0.05, 0.1) is 18.7 Å². The number of nitrogens with two attached hydrogens (primary N) is 1. The van der Waals surface area contributed by atoms with Gasteiger partial charge in [0.25, 0.3) is 5.91 Å². The van der Waals surface area contributed by atoms with Crippen LogP contribution >= 0.6 is 0 Å². The van der Waals surface area contributed by atoms with Crippen molar-refractivity contribution >= 4 is 11.6 Å². The van der Waals surface area contributed by atoms with Gasteiger partial charge in [-0.05, 0) is 54.7 Å². The summed E-state index contributed by atoms with van der Waals surface area (Å²) < 4.78 is 5.26. The normalized spacial score (nSPS) is 16.7. The van der Waals surface area contributed by atoms with Crippen molar-refractivity contribution < 1.29 is 9.53 Å². The van der Waals surface area contributed by atoms with Gasteiger partial charge in [-0.15, -0.1) is 0 Å². The second-order valence-electron chi connectivity index (χ2n) is 5.58. The van der Waals surface area contributed by atoms with Crippen LogP contribution in [0, 0.1) is 0 Å². The first-order valence-electron chi connectivity index (χ1n) is 7.51. The maximum atomic E-state index is 12.6. The Kier molecular flexibility index (Phi) is 4.00. The van der Waals surface area contributed by atoms with Gasteiger partial charge in [0.15, 0.2) is 0 Å². The number of nitrogen functional groups attached to an aromatic ring is 1. The number of ether oxygens (including phenoxy) is 1. The lowest BCUT2D eigenvalue weighted by molar-refractivity contribution is 0.0929. The number of amides is 1. The number of hydrogen-bond donors (Lipinski definition) is 2. The van der Waals surface area contributed by atoms with Gasteiger partial charge in [0.2, 0.25) is 0 Å². The van der Waals surface area contributed by atoms with E-state index < -0.39 is 0 Å². The Bertz CT molecular complexity index is 697. The summed E-state index contributed by atoms with van der Waals surface area (Å²) in [6.45, 7) is 0. The molecule has 0 aromatic heterocycles. The standard InChI is InChI=1S/C18H20N2O2/c1-22-17-8-3-2-6-15(17)18(21)20-16-7-4-5-12-11-13(19)9-10-14(12)16/h2-3,6,8-11,16H,4-5,7,19H2,1H3,(H,20,21). The Morgan fingerprint density at radius 2 is 2.09 bits per heavy atom. The molecule has 0 heterocycles. The number of para-hydroxylation sites is 1. The quantitative estimate of drug-likeness (QED) is 0.855. The number of methoxy groups -OCH3 is 1. The van der Waals surface area contributed by atoms with Crippen molar-refractivity contribution in [3.63, 3.8) is 0 Å². The van der Waals surface area contributed by atoms with Crippen molar-refractivity contribution in [2.45, 2.75) is 25.3 Å². The smallest absolute Gasteiger partial charge is 0.255 e. The molecule has 1 aliphatic carbocycles. The van der Waals surface area contributed by atoms with E-state index in [9.17, 15) is 4.79 Å². The zero-order valence-corrected chi connectivity index (χ0v) is 12.6. The summed E-state index contributed by atoms with van der Waals surface area (Å²) in [5.74, 6) is 0.487. The number of aryl methyl sites for hydroxylation is 1. The molecule has 2 aromatic carbocycles. The Labute approximate surface area is 130 Å². The second-order valence-corrected chi connectivity index (χ2v) is 5.58. The molecule has 0 spiro atoms. The first kappa shape index (κ1) is 14.4. The zero-order chi connectivity index (χ0) is 15.5. The van der Waals surface area contributed by atoms with Crippen LogP contribution in [0.15, 0.2) is 42.5 Å². The van der Waals surface area contributed by atoms with Gasteiger partial charge in [0, 0.05) is 5.69 Å². The minimum atomic E-state index is -0.105. The molecule has 22 heavy (non-hydrogen) atoms. The lowest BCUT2D eigenvalue weighted by atomic mass is 9.87. The fraction of sp³-hybridized carbons (Fsp3) is 0.278. The average molecular weight is 296 g/mol. The van der Waals surface area contributed by atoms with E-state index in [4.69, 9.17) is 10.5 Å². The van der Waals surface area contributed by atoms with Crippen molar-refractivity contribution in [3.8, 4) is 5.75 Å². The zero-order valence-electron chi connectivity index (χ0n) is 12.6. The van der Waals surface area contributed by atoms with E-state index in [1.165, 1.54) is 11.1 Å². The van der Waals surface area contributed by atoms with Crippen LogP contribution in [0.25, 0.3) is 0 Å². The Morgan fingerprint density at radius 1 is 1.27 bits per heavy atom. The van der Waals surface area contributed by atoms with Crippen molar-refractivity contribution in [2.24, 2.45) is 0 Å². The number of rotatable bonds is 3. The molecular weight excluding hydrogens is 276 g/mol. The van der Waals surface area contributed by atoms with Crippen molar-refractivity contribution in [2.75, 3.05) is 12.8 Å². The van der Waals surface area contributed by atoms with Crippen LogP contribution in [0.3, 0.4) is 0 Å². The van der Waals surface area contributed by atoms with Crippen LogP contribution in [0.1, 0.15) is 40.4 Å². The van der Waals surface area contributed by atoms with Crippen LogP contribution < -0.4 is 15.8 Å². The fourth-order valence-electron chi connectivity index (χ4n) is 3.05. The molecule has 1 atom stereocenters. The van der Waals surface area contributed by atoms with Gasteiger partial charge < -0.3 is 15.8 Å². The Morgan fingerprint density at radius 3 is 2.91 bits per heavy atom. The molecule has 3 N–H and O–H groups in total. The molecule has 4 heteroatoms. The predicted molar refractivity (Wildman–Crippen MR) is 87.0 cm³/mol. The third-order valence-corrected chi connectivity index (χ3v) is 4.14. The first-order valence-corrected chi connectivity index (χ1v) is 7.51. The molecule has 2 aromatic rings. The molecule has 0 bridgehead atoms. The maximum absolute atomic E-state index is 12.6. The van der Waals surface area contributed by atoms with E-state index in [0.29, 0.717) is 11.3 Å². The number of carbonyl (C=O) groups is 1. The molecule has 114 valence electrons. The van der Waals surface area contributed by atoms with Gasteiger partial charge in [-0.2, -0.15) is 0 Å². The third kappa shape index (κ3) is 2.77. The highest BCUT2D eigenvalue weighted by Gasteiger charge is 2.23. The predicted octanol–water partition coefficient (Wildman–Crippen LogP) is 3.08. The highest BCUT2D eigenvalue weighted by Crippen LogP contribution is 2.31. The summed E-state index contributed by atoms with van der Waals surface area (Å²) in [6.07, 6.45) is 3.01. The van der Waals surface area contributed by atoms with Crippen molar-refractivity contribution in [1.29, 1.82) is 0 Å². The fourth-order valence-corrected chi connectivity index (χ4v) is 3.05. The second kappa shape index (κ2) is 6.10. The van der Waals surface area contributed by atoms with E-state index in [1.807, 2.05) is 30.3 Å². The van der Waals surface area contributed by atoms with E-state index in [-0.39, 0.29) is 11.9 Å². The molecule has 0 radical (unpaired) electrons. The maximum Gasteiger partial charge on any atom is 0.255 e. The summed E-state index contributed by atoms with van der Waals surface area (Å²) in [6, 6.07) is 13.2. The monoisotopic (exact) mass is 296 g/mol. The largest absolute Gasteiger partial charge is 0.496 e. The van der Waals surface area contributed by atoms with Crippen molar-refractivity contribution in [3.05, 3.63) is 59.2 Å². The van der Waals surface area contributed by atoms with Crippen LogP contribution in [0.4, 0.5) is 5.69 Å². The number of benzene rings is 2. The third-order valence-electron chi connectivity index (χ3n) is 4.14. The van der Waals surface area contributed by atoms with E-state index in [1.54, 1.807) is 19.2 Å². The molecule has 3 rings (SSSR count). The number of hydrogen-bond acceptors (Lipinski definition) is 3. The molecule has 0 aliphatic heterocycles. The topological polar surface area (TPSA) is 64.3 Å². The molecule has 1 unspecified atom stereocenters. The SMILES string of the molecule is COc1ccccc1C(=O)NC1CCCc2cc(N)ccc21. The molecule has 0 saturated heterocycles. The summed E-state index contributed by atoms with van der Waals surface area (Å²) in [5.41, 5.74) is 9.59. The van der Waals surface area contributed by atoms with E-state index in [0.717, 1.165) is 24.9 Å². The number of carbonyl (C=O) groups excluding carboxylic acids is 1. The van der Waals surface area contributed by atoms with Gasteiger partial charge >= 0.3 is 0 Å². The van der Waals surface area contributed by atoms with E-state index in [2.05, 4.69) is 5.32 Å². The molecule has 1 amide bonds. The number of anilines is 1. The molecule has 0 saturated carbocycles. The van der Waals surface area contributed by atoms with Gasteiger partial charge in [-0.1, -0.05) is 18.2 Å². The lowest BCUT2D eigenvalue weighted by Gasteiger charge is -2.27. The Balaban J connectivity index is 1.84. The lowest BCUT2D eigenvalue weighted by Crippen LogP contribution is -2.31. The van der Waals surface area contributed by atoms with Gasteiger partial charge in [-0.3, -0.25) is 4.79 Å². The minimum Gasteiger partial charge on any atom is -0.496 e. The highest BCUT2D eigenvalue weighted by atomic mass is 16.5. The summed E-state index contributed by atoms with van der Waals surface area (Å²) >= 11 is 0. The van der Waals surface area contributed by atoms with Crippen LogP contribution in [-0.4, -0.2) is 13.0 Å². The van der Waals surface area contributed by atoms with Gasteiger partial charge in [-0.25, -0.2) is 0 Å². The van der Waals surface area contributed by atoms with Crippen LogP contribution in [-0.2, 0) is 6.42 Å². The average Bonchev–Trinajstić information content (AvgIpc) is 2.54. The highest BCUT2D eigenvalue weighted by molar-refractivity contribution is 5.97. The van der Waals surface area contributed by atoms with E-state index >= 15 is 0 Å². The first-order chi connectivity index (χ1) is 10.7. The number of fused-ring (bicyclic) bond motifs is 1. The molecule has 0 fully saturated rings. The number of nitrogens with one attached hydrogen (secondary N) is 1. The molecule has 4 nitrogen and oxygen atoms in total. The summed E-state index contributed by atoms with van der Waals surface area (Å²) in [5, 5.41) is 3.13. The van der Waals surface area contributed by atoms with Gasteiger partial charge in [0.1, 0.15) is 5.75 Å². The minimum absolute atomic E-state index is 0.0294. The summed E-state index contributed by atoms with van der Waals surface area (Å²) in [4.78, 5) is 12.6. The Hall–Kier alpha value is -2.49. The molecule has 1 aliphatic rings. The van der Waals surface area contributed by atoms with Crippen LogP contribution in [0.2, 0.25) is 0 Å². The summed E-state index contributed by atoms with van der Waals surface area (Å²) in [7, 11) is 1.57.